The first kappa shape index (κ1) is 16.5. The summed E-state index contributed by atoms with van der Waals surface area (Å²) in [5, 5.41) is 13.7. The molecule has 5 nitrogen and oxygen atoms in total. The second kappa shape index (κ2) is 7.28. The summed E-state index contributed by atoms with van der Waals surface area (Å²) >= 11 is 1.57. The van der Waals surface area contributed by atoms with E-state index in [-0.39, 0.29) is 18.0 Å². The molecule has 0 aromatic carbocycles. The van der Waals surface area contributed by atoms with Crippen molar-refractivity contribution >= 4 is 23.3 Å². The van der Waals surface area contributed by atoms with Gasteiger partial charge in [0.2, 0.25) is 0 Å². The van der Waals surface area contributed by atoms with Gasteiger partial charge in [0, 0.05) is 11.9 Å². The molecule has 0 fully saturated rings. The second-order valence-corrected chi connectivity index (χ2v) is 6.25. The zero-order valence-electron chi connectivity index (χ0n) is 12.3. The topological polar surface area (TPSA) is 69.6 Å². The zero-order chi connectivity index (χ0) is 15.3. The maximum Gasteiger partial charge on any atom is 0.326 e. The third-order valence-corrected chi connectivity index (χ3v) is 4.20. The van der Waals surface area contributed by atoms with Crippen molar-refractivity contribution in [2.24, 2.45) is 5.92 Å². The Kier molecular flexibility index (Phi) is 6.01. The van der Waals surface area contributed by atoms with Crippen LogP contribution in [0.5, 0.6) is 0 Å². The third-order valence-electron chi connectivity index (χ3n) is 3.16. The molecular formula is C14H22N2O3S. The Morgan fingerprint density at radius 1 is 1.40 bits per heavy atom. The van der Waals surface area contributed by atoms with Gasteiger partial charge < -0.3 is 15.3 Å². The molecule has 0 saturated carbocycles. The van der Waals surface area contributed by atoms with Gasteiger partial charge in [-0.05, 0) is 30.7 Å². The molecule has 20 heavy (non-hydrogen) atoms. The molecule has 1 rings (SSSR count). The molecule has 0 radical (unpaired) electrons. The van der Waals surface area contributed by atoms with Gasteiger partial charge in [-0.1, -0.05) is 19.9 Å². The Balaban J connectivity index is 2.66. The molecular weight excluding hydrogens is 276 g/mol. The van der Waals surface area contributed by atoms with Gasteiger partial charge in [0.05, 0.1) is 6.04 Å². The number of carboxylic acids is 1. The first-order valence-corrected chi connectivity index (χ1v) is 7.50. The smallest absolute Gasteiger partial charge is 0.326 e. The van der Waals surface area contributed by atoms with Crippen LogP contribution in [0.3, 0.4) is 0 Å². The molecule has 0 aliphatic heterocycles. The Morgan fingerprint density at radius 2 is 2.05 bits per heavy atom. The molecule has 6 heteroatoms. The quantitative estimate of drug-likeness (QED) is 0.848. The number of hydrogen-bond acceptors (Lipinski definition) is 3. The summed E-state index contributed by atoms with van der Waals surface area (Å²) in [6.07, 6.45) is 0.419. The molecule has 2 atom stereocenters. The molecule has 2 unspecified atom stereocenters. The van der Waals surface area contributed by atoms with Crippen molar-refractivity contribution in [2.45, 2.75) is 39.3 Å². The van der Waals surface area contributed by atoms with Gasteiger partial charge in [-0.15, -0.1) is 11.3 Å². The summed E-state index contributed by atoms with van der Waals surface area (Å²) in [7, 11) is 1.67. The van der Waals surface area contributed by atoms with Gasteiger partial charge in [-0.2, -0.15) is 0 Å². The van der Waals surface area contributed by atoms with E-state index in [4.69, 9.17) is 5.11 Å². The van der Waals surface area contributed by atoms with E-state index in [1.54, 1.807) is 18.4 Å². The van der Waals surface area contributed by atoms with E-state index in [9.17, 15) is 9.59 Å². The van der Waals surface area contributed by atoms with Crippen molar-refractivity contribution in [3.8, 4) is 0 Å². The van der Waals surface area contributed by atoms with Crippen LogP contribution in [0.15, 0.2) is 17.5 Å². The number of amides is 2. The van der Waals surface area contributed by atoms with Crippen molar-refractivity contribution in [1.29, 1.82) is 0 Å². The fourth-order valence-corrected chi connectivity index (χ4v) is 2.67. The summed E-state index contributed by atoms with van der Waals surface area (Å²) in [5.74, 6) is -0.791. The molecule has 1 aromatic rings. The molecule has 112 valence electrons. The van der Waals surface area contributed by atoms with Crippen molar-refractivity contribution in [3.63, 3.8) is 0 Å². The number of nitrogens with one attached hydrogen (secondary N) is 1. The number of carbonyl (C=O) groups excluding carboxylic acids is 1. The highest BCUT2D eigenvalue weighted by molar-refractivity contribution is 7.10. The van der Waals surface area contributed by atoms with Crippen LogP contribution in [0.1, 0.15) is 38.1 Å². The maximum atomic E-state index is 12.1. The van der Waals surface area contributed by atoms with Crippen LogP contribution in [0.2, 0.25) is 0 Å². The number of carbonyl (C=O) groups is 2. The van der Waals surface area contributed by atoms with E-state index in [0.29, 0.717) is 6.42 Å². The summed E-state index contributed by atoms with van der Waals surface area (Å²) < 4.78 is 0. The molecule has 1 heterocycles. The number of thiophene rings is 1. The van der Waals surface area contributed by atoms with E-state index >= 15 is 0 Å². The largest absolute Gasteiger partial charge is 0.480 e. The van der Waals surface area contributed by atoms with Gasteiger partial charge in [-0.3, -0.25) is 0 Å². The Labute approximate surface area is 123 Å². The number of carboxylic acid groups (broad SMARTS) is 1. The third kappa shape index (κ3) is 4.52. The highest BCUT2D eigenvalue weighted by Crippen LogP contribution is 2.23. The van der Waals surface area contributed by atoms with E-state index in [2.05, 4.69) is 5.32 Å². The number of nitrogens with zero attached hydrogens (tertiary/aromatic N) is 1. The monoisotopic (exact) mass is 298 g/mol. The minimum absolute atomic E-state index is 0.0801. The SMILES string of the molecule is CC(C)CC(NC(=O)N(C)C(C)c1cccs1)C(=O)O. The predicted molar refractivity (Wildman–Crippen MR) is 79.9 cm³/mol. The fraction of sp³-hybridized carbons (Fsp3) is 0.571. The number of urea groups is 1. The average Bonchev–Trinajstić information content (AvgIpc) is 2.89. The lowest BCUT2D eigenvalue weighted by Gasteiger charge is -2.26. The summed E-state index contributed by atoms with van der Waals surface area (Å²) in [6, 6.07) is 2.60. The van der Waals surface area contributed by atoms with E-state index < -0.39 is 12.0 Å². The fourth-order valence-electron chi connectivity index (χ4n) is 1.84. The van der Waals surface area contributed by atoms with Gasteiger partial charge in [0.25, 0.3) is 0 Å². The van der Waals surface area contributed by atoms with Gasteiger partial charge >= 0.3 is 12.0 Å². The highest BCUT2D eigenvalue weighted by atomic mass is 32.1. The Morgan fingerprint density at radius 3 is 2.50 bits per heavy atom. The number of hydrogen-bond donors (Lipinski definition) is 2. The first-order chi connectivity index (χ1) is 9.32. The highest BCUT2D eigenvalue weighted by Gasteiger charge is 2.25. The normalized spacial score (nSPS) is 13.8. The summed E-state index contributed by atoms with van der Waals surface area (Å²) in [4.78, 5) is 25.9. The van der Waals surface area contributed by atoms with E-state index in [1.165, 1.54) is 4.90 Å². The lowest BCUT2D eigenvalue weighted by atomic mass is 10.0. The standard InChI is InChI=1S/C14H22N2O3S/c1-9(2)8-11(13(17)18)15-14(19)16(4)10(3)12-6-5-7-20-12/h5-7,9-11H,8H2,1-4H3,(H,15,19)(H,17,18). The molecule has 0 aliphatic carbocycles. The second-order valence-electron chi connectivity index (χ2n) is 5.27. The van der Waals surface area contributed by atoms with Gasteiger partial charge in [0.15, 0.2) is 0 Å². The zero-order valence-corrected chi connectivity index (χ0v) is 13.1. The molecule has 1 aromatic heterocycles. The molecule has 2 N–H and O–H groups in total. The van der Waals surface area contributed by atoms with Crippen LogP contribution < -0.4 is 5.32 Å². The van der Waals surface area contributed by atoms with Crippen LogP contribution in [0.4, 0.5) is 4.79 Å². The lowest BCUT2D eigenvalue weighted by molar-refractivity contribution is -0.139. The lowest BCUT2D eigenvalue weighted by Crippen LogP contribution is -2.47. The average molecular weight is 298 g/mol. The Hall–Kier alpha value is -1.56. The minimum atomic E-state index is -0.996. The van der Waals surface area contributed by atoms with Crippen LogP contribution in [-0.2, 0) is 4.79 Å². The maximum absolute atomic E-state index is 12.1. The summed E-state index contributed by atoms with van der Waals surface area (Å²) in [5.41, 5.74) is 0. The number of aliphatic carboxylic acids is 1. The van der Waals surface area contributed by atoms with E-state index in [0.717, 1.165) is 4.88 Å². The molecule has 0 saturated heterocycles. The predicted octanol–water partition coefficient (Wildman–Crippen LogP) is 2.95. The van der Waals surface area contributed by atoms with Crippen molar-refractivity contribution in [3.05, 3.63) is 22.4 Å². The van der Waals surface area contributed by atoms with Gasteiger partial charge in [0.1, 0.15) is 6.04 Å². The van der Waals surface area contributed by atoms with Crippen LogP contribution in [0, 0.1) is 5.92 Å². The first-order valence-electron chi connectivity index (χ1n) is 6.62. The molecule has 0 spiro atoms. The van der Waals surface area contributed by atoms with Crippen LogP contribution >= 0.6 is 11.3 Å². The molecule has 0 aliphatic rings. The van der Waals surface area contributed by atoms with Gasteiger partial charge in [-0.25, -0.2) is 9.59 Å². The van der Waals surface area contributed by atoms with Crippen LogP contribution in [0.25, 0.3) is 0 Å². The summed E-state index contributed by atoms with van der Waals surface area (Å²) in [6.45, 7) is 5.78. The molecule has 0 bridgehead atoms. The van der Waals surface area contributed by atoms with Crippen molar-refractivity contribution in [1.82, 2.24) is 10.2 Å². The van der Waals surface area contributed by atoms with E-state index in [1.807, 2.05) is 38.3 Å². The molecule has 2 amide bonds. The van der Waals surface area contributed by atoms with Crippen LogP contribution in [-0.4, -0.2) is 35.1 Å². The minimum Gasteiger partial charge on any atom is -0.480 e. The number of rotatable bonds is 6. The van der Waals surface area contributed by atoms with Crippen molar-refractivity contribution in [2.75, 3.05) is 7.05 Å². The Bertz CT molecular complexity index is 445. The van der Waals surface area contributed by atoms with Crippen molar-refractivity contribution < 1.29 is 14.7 Å².